The molecule has 1 N–H and O–H groups in total. The van der Waals surface area contributed by atoms with Crippen LogP contribution in [0.25, 0.3) is 0 Å². The van der Waals surface area contributed by atoms with Gasteiger partial charge in [-0.1, -0.05) is 17.7 Å². The lowest BCUT2D eigenvalue weighted by Gasteiger charge is -2.33. The molecule has 0 unspecified atom stereocenters. The minimum Gasteiger partial charge on any atom is -0.360 e. The summed E-state index contributed by atoms with van der Waals surface area (Å²) >= 11 is 5.41. The molecule has 1 fully saturated rings. The molecule has 0 bridgehead atoms. The Kier molecular flexibility index (Phi) is 4.44. The number of anilines is 1. The molecule has 0 radical (unpaired) electrons. The molecule has 1 aliphatic rings. The van der Waals surface area contributed by atoms with E-state index in [0.717, 1.165) is 19.6 Å². The zero-order valence-electron chi connectivity index (χ0n) is 11.7. The number of hydrogen-bond donors (Lipinski definition) is 1. The number of hydrogen-bond acceptors (Lipinski definition) is 2. The van der Waals surface area contributed by atoms with Gasteiger partial charge in [-0.15, -0.1) is 11.3 Å². The van der Waals surface area contributed by atoms with E-state index in [0.29, 0.717) is 0 Å². The quantitative estimate of drug-likeness (QED) is 0.893. The van der Waals surface area contributed by atoms with Gasteiger partial charge in [-0.3, -0.25) is 0 Å². The maximum atomic E-state index is 3.54. The summed E-state index contributed by atoms with van der Waals surface area (Å²) in [5.74, 6) is 0. The number of rotatable bonds is 3. The van der Waals surface area contributed by atoms with Crippen molar-refractivity contribution in [2.75, 3.05) is 31.1 Å². The van der Waals surface area contributed by atoms with Crippen LogP contribution < -0.4 is 9.80 Å². The molecule has 0 atom stereocenters. The molecule has 0 spiro atoms. The summed E-state index contributed by atoms with van der Waals surface area (Å²) in [5, 5.41) is 0. The second-order valence-electron chi connectivity index (χ2n) is 5.46. The second kappa shape index (κ2) is 6.29. The largest absolute Gasteiger partial charge is 0.360 e. The SMILES string of the molecule is Cc1ccc(N2CC[NH+](Cc3ccc(Br)s3)CC2)cc1. The van der Waals surface area contributed by atoms with Crippen molar-refractivity contribution in [1.29, 1.82) is 0 Å². The molecule has 1 aromatic heterocycles. The lowest BCUT2D eigenvalue weighted by atomic mass is 10.2. The first kappa shape index (κ1) is 14.1. The smallest absolute Gasteiger partial charge is 0.112 e. The lowest BCUT2D eigenvalue weighted by molar-refractivity contribution is -0.914. The van der Waals surface area contributed by atoms with Gasteiger partial charge in [-0.05, 0) is 47.1 Å². The van der Waals surface area contributed by atoms with E-state index in [1.54, 1.807) is 4.90 Å². The van der Waals surface area contributed by atoms with E-state index in [-0.39, 0.29) is 0 Å². The van der Waals surface area contributed by atoms with E-state index >= 15 is 0 Å². The molecule has 3 rings (SSSR count). The second-order valence-corrected chi connectivity index (χ2v) is 8.00. The first-order chi connectivity index (χ1) is 9.70. The van der Waals surface area contributed by atoms with Crippen LogP contribution >= 0.6 is 27.3 Å². The maximum absolute atomic E-state index is 3.54. The molecule has 1 aromatic carbocycles. The van der Waals surface area contributed by atoms with E-state index in [1.165, 1.54) is 33.0 Å². The number of nitrogens with zero attached hydrogens (tertiary/aromatic N) is 1. The highest BCUT2D eigenvalue weighted by Crippen LogP contribution is 2.21. The van der Waals surface area contributed by atoms with Gasteiger partial charge in [0.25, 0.3) is 0 Å². The van der Waals surface area contributed by atoms with E-state index in [9.17, 15) is 0 Å². The van der Waals surface area contributed by atoms with Crippen molar-refractivity contribution in [3.05, 3.63) is 50.6 Å². The van der Waals surface area contributed by atoms with E-state index in [2.05, 4.69) is 64.2 Å². The van der Waals surface area contributed by atoms with Gasteiger partial charge >= 0.3 is 0 Å². The number of halogens is 1. The number of nitrogens with one attached hydrogen (secondary N) is 1. The van der Waals surface area contributed by atoms with Crippen molar-refractivity contribution in [3.63, 3.8) is 0 Å². The van der Waals surface area contributed by atoms with E-state index in [4.69, 9.17) is 0 Å². The Morgan fingerprint density at radius 1 is 1.10 bits per heavy atom. The van der Waals surface area contributed by atoms with Crippen LogP contribution in [0.1, 0.15) is 10.4 Å². The minimum absolute atomic E-state index is 1.16. The number of benzene rings is 1. The predicted molar refractivity (Wildman–Crippen MR) is 89.8 cm³/mol. The molecule has 106 valence electrons. The van der Waals surface area contributed by atoms with Crippen LogP contribution in [0.15, 0.2) is 40.2 Å². The molecule has 1 aliphatic heterocycles. The molecule has 0 aliphatic carbocycles. The lowest BCUT2D eigenvalue weighted by Crippen LogP contribution is -3.13. The van der Waals surface area contributed by atoms with Crippen LogP contribution in [0.5, 0.6) is 0 Å². The normalized spacial score (nSPS) is 16.6. The van der Waals surface area contributed by atoms with Crippen LogP contribution in [-0.4, -0.2) is 26.2 Å². The predicted octanol–water partition coefficient (Wildman–Crippen LogP) is 2.72. The number of aryl methyl sites for hydroxylation is 1. The minimum atomic E-state index is 1.16. The summed E-state index contributed by atoms with van der Waals surface area (Å²) in [6.45, 7) is 8.08. The van der Waals surface area contributed by atoms with Crippen molar-refractivity contribution < 1.29 is 4.90 Å². The molecule has 0 amide bonds. The van der Waals surface area contributed by atoms with Crippen molar-refractivity contribution in [1.82, 2.24) is 0 Å². The molecular formula is C16H20BrN2S+. The Bertz CT molecular complexity index is 556. The summed E-state index contributed by atoms with van der Waals surface area (Å²) in [4.78, 5) is 5.69. The van der Waals surface area contributed by atoms with Crippen molar-refractivity contribution in [3.8, 4) is 0 Å². The highest BCUT2D eigenvalue weighted by molar-refractivity contribution is 9.11. The van der Waals surface area contributed by atoms with Gasteiger partial charge in [0.2, 0.25) is 0 Å². The fourth-order valence-corrected chi connectivity index (χ4v) is 4.26. The summed E-state index contributed by atoms with van der Waals surface area (Å²) in [6, 6.07) is 13.3. The van der Waals surface area contributed by atoms with E-state index < -0.39 is 0 Å². The fourth-order valence-electron chi connectivity index (χ4n) is 2.71. The van der Waals surface area contributed by atoms with Crippen molar-refractivity contribution in [2.24, 2.45) is 0 Å². The molecule has 1 saturated heterocycles. The van der Waals surface area contributed by atoms with Gasteiger partial charge in [0.15, 0.2) is 0 Å². The molecule has 20 heavy (non-hydrogen) atoms. The van der Waals surface area contributed by atoms with Crippen molar-refractivity contribution in [2.45, 2.75) is 13.5 Å². The molecule has 2 heterocycles. The fraction of sp³-hybridized carbons (Fsp3) is 0.375. The highest BCUT2D eigenvalue weighted by Gasteiger charge is 2.20. The summed E-state index contributed by atoms with van der Waals surface area (Å²) in [6.07, 6.45) is 0. The van der Waals surface area contributed by atoms with Gasteiger partial charge in [-0.25, -0.2) is 0 Å². The third kappa shape index (κ3) is 3.43. The van der Waals surface area contributed by atoms with Crippen molar-refractivity contribution >= 4 is 33.0 Å². The first-order valence-electron chi connectivity index (χ1n) is 7.10. The molecule has 0 saturated carbocycles. The summed E-state index contributed by atoms with van der Waals surface area (Å²) in [7, 11) is 0. The van der Waals surface area contributed by atoms with Crippen LogP contribution in [0, 0.1) is 6.92 Å². The topological polar surface area (TPSA) is 7.68 Å². The molecule has 4 heteroatoms. The average Bonchev–Trinajstić information content (AvgIpc) is 2.86. The Morgan fingerprint density at radius 2 is 1.80 bits per heavy atom. The highest BCUT2D eigenvalue weighted by atomic mass is 79.9. The monoisotopic (exact) mass is 351 g/mol. The van der Waals surface area contributed by atoms with Crippen LogP contribution in [-0.2, 0) is 6.54 Å². The van der Waals surface area contributed by atoms with Gasteiger partial charge in [-0.2, -0.15) is 0 Å². The Labute approximate surface area is 133 Å². The molecule has 2 aromatic rings. The third-order valence-corrected chi connectivity index (χ3v) is 5.55. The average molecular weight is 352 g/mol. The van der Waals surface area contributed by atoms with Crippen LogP contribution in [0.4, 0.5) is 5.69 Å². The Balaban J connectivity index is 1.55. The number of thiophene rings is 1. The summed E-state index contributed by atoms with van der Waals surface area (Å²) < 4.78 is 1.24. The van der Waals surface area contributed by atoms with Crippen LogP contribution in [0.2, 0.25) is 0 Å². The zero-order valence-corrected chi connectivity index (χ0v) is 14.1. The molecular weight excluding hydrogens is 332 g/mol. The maximum Gasteiger partial charge on any atom is 0.112 e. The van der Waals surface area contributed by atoms with Gasteiger partial charge in [0.1, 0.15) is 6.54 Å². The summed E-state index contributed by atoms with van der Waals surface area (Å²) in [5.41, 5.74) is 2.70. The third-order valence-electron chi connectivity index (χ3n) is 3.92. The number of quaternary nitrogens is 1. The van der Waals surface area contributed by atoms with Gasteiger partial charge in [0, 0.05) is 5.69 Å². The number of piperazine rings is 1. The van der Waals surface area contributed by atoms with Gasteiger partial charge < -0.3 is 9.80 Å². The first-order valence-corrected chi connectivity index (χ1v) is 8.71. The molecule has 2 nitrogen and oxygen atoms in total. The standard InChI is InChI=1S/C16H19BrN2S/c1-13-2-4-14(5-3-13)19-10-8-18(9-11-19)12-15-6-7-16(17)20-15/h2-7H,8-12H2,1H3/p+1. The zero-order chi connectivity index (χ0) is 13.9. The Morgan fingerprint density at radius 3 is 2.40 bits per heavy atom. The Hall–Kier alpha value is -0.840. The van der Waals surface area contributed by atoms with Gasteiger partial charge in [0.05, 0.1) is 34.8 Å². The van der Waals surface area contributed by atoms with Crippen LogP contribution in [0.3, 0.4) is 0 Å². The van der Waals surface area contributed by atoms with E-state index in [1.807, 2.05) is 11.3 Å².